The maximum Gasteiger partial charge on any atom is 0.419 e. The molecule has 0 amide bonds. The summed E-state index contributed by atoms with van der Waals surface area (Å²) < 4.78 is 23.6. The van der Waals surface area contributed by atoms with Crippen LogP contribution in [0.4, 0.5) is 4.79 Å². The SMILES string of the molecule is C=C[C@H]1CN2CCc3c(n(C(=O)OC(C)(C)C)c4cccc(OC)c34)[C@@H]2C[C@@H]1/C(=C/OC)C(=O)OC. The summed E-state index contributed by atoms with van der Waals surface area (Å²) in [6.45, 7) is 11.1. The Hall–Kier alpha value is -3.26. The summed E-state index contributed by atoms with van der Waals surface area (Å²) in [5, 5.41) is 0.934. The van der Waals surface area contributed by atoms with Crippen molar-refractivity contribution < 1.29 is 28.5 Å². The Morgan fingerprint density at radius 3 is 2.53 bits per heavy atom. The number of rotatable bonds is 5. The Morgan fingerprint density at radius 2 is 1.92 bits per heavy atom. The predicted molar refractivity (Wildman–Crippen MR) is 137 cm³/mol. The number of fused-ring (bicyclic) bond motifs is 5. The summed E-state index contributed by atoms with van der Waals surface area (Å²) in [6.07, 6.45) is 4.31. The number of esters is 1. The van der Waals surface area contributed by atoms with Gasteiger partial charge in [0.05, 0.1) is 50.4 Å². The fourth-order valence-electron chi connectivity index (χ4n) is 5.68. The van der Waals surface area contributed by atoms with E-state index >= 15 is 0 Å². The molecule has 0 aliphatic carbocycles. The largest absolute Gasteiger partial charge is 0.504 e. The molecule has 1 saturated heterocycles. The first-order valence-corrected chi connectivity index (χ1v) is 12.3. The van der Waals surface area contributed by atoms with E-state index in [4.69, 9.17) is 18.9 Å². The molecule has 36 heavy (non-hydrogen) atoms. The van der Waals surface area contributed by atoms with Crippen LogP contribution in [0, 0.1) is 11.8 Å². The summed E-state index contributed by atoms with van der Waals surface area (Å²) in [5.41, 5.74) is 2.55. The van der Waals surface area contributed by atoms with Gasteiger partial charge < -0.3 is 18.9 Å². The van der Waals surface area contributed by atoms with Gasteiger partial charge in [-0.3, -0.25) is 4.90 Å². The topological polar surface area (TPSA) is 79.2 Å². The number of piperidine rings is 1. The van der Waals surface area contributed by atoms with Gasteiger partial charge in [-0.15, -0.1) is 6.58 Å². The van der Waals surface area contributed by atoms with Gasteiger partial charge >= 0.3 is 12.1 Å². The van der Waals surface area contributed by atoms with Gasteiger partial charge in [0, 0.05) is 24.4 Å². The third-order valence-corrected chi connectivity index (χ3v) is 7.11. The molecule has 0 spiro atoms. The molecule has 1 aromatic heterocycles. The Labute approximate surface area is 212 Å². The molecular weight excluding hydrogens is 460 g/mol. The van der Waals surface area contributed by atoms with E-state index in [2.05, 4.69) is 11.5 Å². The molecule has 3 atom stereocenters. The summed E-state index contributed by atoms with van der Waals surface area (Å²) in [6, 6.07) is 5.62. The second-order valence-electron chi connectivity index (χ2n) is 10.3. The highest BCUT2D eigenvalue weighted by atomic mass is 16.6. The smallest absolute Gasteiger partial charge is 0.419 e. The summed E-state index contributed by atoms with van der Waals surface area (Å²) in [4.78, 5) is 28.7. The number of ether oxygens (including phenoxy) is 4. The average molecular weight is 497 g/mol. The molecular formula is C28H36N2O6. The lowest BCUT2D eigenvalue weighted by Crippen LogP contribution is -2.47. The first-order chi connectivity index (χ1) is 17.1. The van der Waals surface area contributed by atoms with E-state index in [1.54, 1.807) is 11.7 Å². The van der Waals surface area contributed by atoms with Crippen LogP contribution in [-0.4, -0.2) is 61.5 Å². The molecule has 0 N–H and O–H groups in total. The van der Waals surface area contributed by atoms with Gasteiger partial charge in [0.15, 0.2) is 0 Å². The third-order valence-electron chi connectivity index (χ3n) is 7.11. The minimum Gasteiger partial charge on any atom is -0.504 e. The van der Waals surface area contributed by atoms with Crippen LogP contribution in [0.2, 0.25) is 0 Å². The molecule has 0 radical (unpaired) electrons. The van der Waals surface area contributed by atoms with Crippen LogP contribution in [0.25, 0.3) is 10.9 Å². The second-order valence-corrected chi connectivity index (χ2v) is 10.3. The van der Waals surface area contributed by atoms with Crippen molar-refractivity contribution >= 4 is 23.0 Å². The zero-order valence-corrected chi connectivity index (χ0v) is 22.0. The fourth-order valence-corrected chi connectivity index (χ4v) is 5.68. The van der Waals surface area contributed by atoms with Crippen LogP contribution >= 0.6 is 0 Å². The van der Waals surface area contributed by atoms with Crippen molar-refractivity contribution in [3.05, 3.63) is 53.9 Å². The van der Waals surface area contributed by atoms with Crippen molar-refractivity contribution in [1.82, 2.24) is 9.47 Å². The molecule has 1 aromatic carbocycles. The Balaban J connectivity index is 1.91. The fraction of sp³-hybridized carbons (Fsp3) is 0.500. The van der Waals surface area contributed by atoms with Crippen LogP contribution in [0.1, 0.15) is 44.5 Å². The minimum absolute atomic E-state index is 0.0252. The predicted octanol–water partition coefficient (Wildman–Crippen LogP) is 4.86. The molecule has 2 aliphatic heterocycles. The second kappa shape index (κ2) is 10.0. The first kappa shape index (κ1) is 25.8. The first-order valence-electron chi connectivity index (χ1n) is 12.3. The van der Waals surface area contributed by atoms with Crippen LogP contribution < -0.4 is 4.74 Å². The van der Waals surface area contributed by atoms with Gasteiger partial charge in [-0.1, -0.05) is 12.1 Å². The van der Waals surface area contributed by atoms with Crippen LogP contribution in [0.15, 0.2) is 42.7 Å². The molecule has 1 fully saturated rings. The highest BCUT2D eigenvalue weighted by molar-refractivity contribution is 5.98. The zero-order valence-electron chi connectivity index (χ0n) is 22.0. The van der Waals surface area contributed by atoms with Crippen molar-refractivity contribution in [3.63, 3.8) is 0 Å². The number of benzene rings is 1. The number of aromatic nitrogens is 1. The monoisotopic (exact) mass is 496 g/mol. The van der Waals surface area contributed by atoms with Crippen molar-refractivity contribution in [2.75, 3.05) is 34.4 Å². The molecule has 194 valence electrons. The van der Waals surface area contributed by atoms with E-state index in [0.29, 0.717) is 18.5 Å². The van der Waals surface area contributed by atoms with Gasteiger partial charge in [-0.2, -0.15) is 0 Å². The van der Waals surface area contributed by atoms with Gasteiger partial charge in [-0.05, 0) is 57.2 Å². The van der Waals surface area contributed by atoms with Crippen molar-refractivity contribution in [2.45, 2.75) is 45.3 Å². The Morgan fingerprint density at radius 1 is 1.17 bits per heavy atom. The number of hydrogen-bond donors (Lipinski definition) is 0. The lowest BCUT2D eigenvalue weighted by atomic mass is 9.75. The van der Waals surface area contributed by atoms with Gasteiger partial charge in [0.25, 0.3) is 0 Å². The van der Waals surface area contributed by atoms with E-state index in [1.807, 2.05) is 45.0 Å². The molecule has 2 aliphatic rings. The zero-order chi connectivity index (χ0) is 26.2. The number of carbonyl (C=O) groups excluding carboxylic acids is 2. The molecule has 8 nitrogen and oxygen atoms in total. The van der Waals surface area contributed by atoms with Crippen molar-refractivity contribution in [1.29, 1.82) is 0 Å². The van der Waals surface area contributed by atoms with Gasteiger partial charge in [-0.25, -0.2) is 14.2 Å². The molecule has 0 bridgehead atoms. The Bertz CT molecular complexity index is 1200. The molecule has 3 heterocycles. The van der Waals surface area contributed by atoms with Crippen LogP contribution in [0.5, 0.6) is 5.75 Å². The lowest BCUT2D eigenvalue weighted by Gasteiger charge is -2.46. The number of carbonyl (C=O) groups is 2. The maximum absolute atomic E-state index is 13.6. The van der Waals surface area contributed by atoms with E-state index < -0.39 is 17.7 Å². The van der Waals surface area contributed by atoms with Gasteiger partial charge in [0.1, 0.15) is 11.4 Å². The highest BCUT2D eigenvalue weighted by Gasteiger charge is 2.44. The summed E-state index contributed by atoms with van der Waals surface area (Å²) >= 11 is 0. The maximum atomic E-state index is 13.6. The molecule has 0 saturated carbocycles. The summed E-state index contributed by atoms with van der Waals surface area (Å²) in [7, 11) is 4.53. The summed E-state index contributed by atoms with van der Waals surface area (Å²) in [5.74, 6) is 0.143. The van der Waals surface area contributed by atoms with Crippen molar-refractivity contribution in [2.24, 2.45) is 11.8 Å². The van der Waals surface area contributed by atoms with E-state index in [1.165, 1.54) is 20.5 Å². The average Bonchev–Trinajstić information content (AvgIpc) is 3.20. The molecule has 4 rings (SSSR count). The Kier molecular flexibility index (Phi) is 7.18. The normalized spacial score (nSPS) is 22.4. The quantitative estimate of drug-likeness (QED) is 0.253. The third kappa shape index (κ3) is 4.50. The molecule has 0 unspecified atom stereocenters. The van der Waals surface area contributed by atoms with E-state index in [0.717, 1.165) is 40.9 Å². The number of methoxy groups -OCH3 is 3. The van der Waals surface area contributed by atoms with Crippen LogP contribution in [-0.2, 0) is 25.4 Å². The minimum atomic E-state index is -0.657. The van der Waals surface area contributed by atoms with Gasteiger partial charge in [0.2, 0.25) is 0 Å². The molecule has 8 heteroatoms. The van der Waals surface area contributed by atoms with Crippen LogP contribution in [0.3, 0.4) is 0 Å². The standard InChI is InChI=1S/C28H36N2O6/c1-8-17-15-29-13-12-18-24-21(10-9-11-23(24)34-6)30(27(32)36-28(2,3)4)25(18)22(29)14-19(17)20(16-33-5)26(31)35-7/h8-11,16-17,19,22H,1,12-15H2,2-7H3/b20-16-/t17-,19-,22-/m0/s1. The molecule has 2 aromatic rings. The van der Waals surface area contributed by atoms with E-state index in [-0.39, 0.29) is 17.9 Å². The number of hydrogen-bond acceptors (Lipinski definition) is 7. The van der Waals surface area contributed by atoms with E-state index in [9.17, 15) is 9.59 Å². The number of nitrogens with zero attached hydrogens (tertiary/aromatic N) is 2. The highest BCUT2D eigenvalue weighted by Crippen LogP contribution is 2.48. The van der Waals surface area contributed by atoms with Crippen molar-refractivity contribution in [3.8, 4) is 5.75 Å². The lowest BCUT2D eigenvalue weighted by molar-refractivity contribution is -0.137.